The van der Waals surface area contributed by atoms with Crippen LogP contribution in [0.2, 0.25) is 5.02 Å². The summed E-state index contributed by atoms with van der Waals surface area (Å²) in [6.45, 7) is 5.74. The largest absolute Gasteiger partial charge is 0.443 e. The Morgan fingerprint density at radius 1 is 1.12 bits per heavy atom. The first-order chi connectivity index (χ1) is 19.4. The summed E-state index contributed by atoms with van der Waals surface area (Å²) in [4.78, 5) is 11.7. The van der Waals surface area contributed by atoms with Gasteiger partial charge in [-0.2, -0.15) is 0 Å². The molecule has 40 heavy (non-hydrogen) atoms. The van der Waals surface area contributed by atoms with E-state index in [1.54, 1.807) is 12.3 Å². The van der Waals surface area contributed by atoms with Gasteiger partial charge in [0.05, 0.1) is 29.7 Å². The van der Waals surface area contributed by atoms with Gasteiger partial charge < -0.3 is 18.8 Å². The third-order valence-electron chi connectivity index (χ3n) is 8.21. The third-order valence-corrected chi connectivity index (χ3v) is 8.90. The Balaban J connectivity index is 1.08. The number of hydrogen-bond acceptors (Lipinski definition) is 6. The Morgan fingerprint density at radius 3 is 2.67 bits per heavy atom. The normalized spacial score (nSPS) is 23.1. The van der Waals surface area contributed by atoms with Crippen molar-refractivity contribution in [2.24, 2.45) is 0 Å². The van der Waals surface area contributed by atoms with Crippen molar-refractivity contribution in [3.05, 3.63) is 81.1 Å². The van der Waals surface area contributed by atoms with E-state index in [0.29, 0.717) is 45.2 Å². The molecule has 0 N–H and O–H groups in total. The van der Waals surface area contributed by atoms with Crippen LogP contribution in [-0.4, -0.2) is 45.2 Å². The minimum absolute atomic E-state index is 0.112. The number of imidazole rings is 1. The second-order valence-corrected chi connectivity index (χ2v) is 12.3. The van der Waals surface area contributed by atoms with Crippen molar-refractivity contribution in [3.8, 4) is 11.5 Å². The zero-order valence-corrected chi connectivity index (χ0v) is 24.4. The molecule has 2 fully saturated rings. The van der Waals surface area contributed by atoms with Crippen LogP contribution in [0.5, 0.6) is 11.5 Å². The number of piperidine rings is 1. The van der Waals surface area contributed by atoms with Gasteiger partial charge in [0.1, 0.15) is 22.9 Å². The summed E-state index contributed by atoms with van der Waals surface area (Å²) in [5.74, 6) is 1.48. The molecule has 2 aromatic heterocycles. The molecule has 3 aliphatic heterocycles. The Bertz CT molecular complexity index is 1570. The van der Waals surface area contributed by atoms with E-state index in [1.165, 1.54) is 6.07 Å². The fraction of sp³-hybridized carbons (Fsp3) is 0.400. The lowest BCUT2D eigenvalue weighted by atomic mass is 9.88. The van der Waals surface area contributed by atoms with E-state index in [1.807, 2.05) is 35.8 Å². The van der Waals surface area contributed by atoms with Gasteiger partial charge in [0, 0.05) is 29.8 Å². The highest BCUT2D eigenvalue weighted by atomic mass is 79.9. The van der Waals surface area contributed by atoms with Crippen LogP contribution in [0.1, 0.15) is 49.2 Å². The van der Waals surface area contributed by atoms with Crippen LogP contribution in [0.3, 0.4) is 0 Å². The zero-order valence-electron chi connectivity index (χ0n) is 22.1. The van der Waals surface area contributed by atoms with Crippen LogP contribution < -0.4 is 9.47 Å². The molecule has 10 heteroatoms. The molecule has 0 unspecified atom stereocenters. The van der Waals surface area contributed by atoms with Gasteiger partial charge in [-0.25, -0.2) is 9.37 Å². The summed E-state index contributed by atoms with van der Waals surface area (Å²) in [6.07, 6.45) is 4.66. The fourth-order valence-corrected chi connectivity index (χ4v) is 6.53. The summed E-state index contributed by atoms with van der Waals surface area (Å²) in [6, 6.07) is 13.1. The molecule has 0 saturated carbocycles. The van der Waals surface area contributed by atoms with Crippen LogP contribution in [0, 0.1) is 5.82 Å². The van der Waals surface area contributed by atoms with Crippen LogP contribution in [0.25, 0.3) is 11.0 Å². The summed E-state index contributed by atoms with van der Waals surface area (Å²) >= 11 is 9.45. The molecule has 2 saturated heterocycles. The van der Waals surface area contributed by atoms with Gasteiger partial charge in [0.25, 0.3) is 5.79 Å². The molecular formula is C30H29BrClFN4O3. The Hall–Kier alpha value is -2.72. The number of likely N-dealkylation sites (tertiary alicyclic amines) is 1. The monoisotopic (exact) mass is 626 g/mol. The topological polar surface area (TPSA) is 61.6 Å². The van der Waals surface area contributed by atoms with Gasteiger partial charge in [-0.05, 0) is 68.6 Å². The van der Waals surface area contributed by atoms with Gasteiger partial charge in [-0.15, -0.1) is 0 Å². The molecule has 5 heterocycles. The van der Waals surface area contributed by atoms with Crippen molar-refractivity contribution >= 4 is 38.6 Å². The summed E-state index contributed by atoms with van der Waals surface area (Å²) in [7, 11) is 0. The average Bonchev–Trinajstić information content (AvgIpc) is 3.44. The highest BCUT2D eigenvalue weighted by Crippen LogP contribution is 2.49. The predicted octanol–water partition coefficient (Wildman–Crippen LogP) is 6.80. The maximum Gasteiger partial charge on any atom is 0.292 e. The second kappa shape index (κ2) is 10.3. The lowest BCUT2D eigenvalue weighted by Crippen LogP contribution is -2.35. The van der Waals surface area contributed by atoms with E-state index >= 15 is 4.39 Å². The van der Waals surface area contributed by atoms with E-state index in [2.05, 4.69) is 31.9 Å². The van der Waals surface area contributed by atoms with E-state index in [0.717, 1.165) is 61.8 Å². The first kappa shape index (κ1) is 26.2. The van der Waals surface area contributed by atoms with Gasteiger partial charge in [0.2, 0.25) is 0 Å². The molecule has 208 valence electrons. The third kappa shape index (κ3) is 4.76. The number of pyridine rings is 1. The Kier molecular flexibility index (Phi) is 6.73. The molecule has 0 radical (unpaired) electrons. The number of halogens is 3. The van der Waals surface area contributed by atoms with Gasteiger partial charge in [-0.3, -0.25) is 9.88 Å². The zero-order chi connectivity index (χ0) is 27.4. The average molecular weight is 628 g/mol. The van der Waals surface area contributed by atoms with Crippen molar-refractivity contribution in [1.29, 1.82) is 0 Å². The van der Waals surface area contributed by atoms with E-state index < -0.39 is 5.79 Å². The number of aromatic nitrogens is 3. The van der Waals surface area contributed by atoms with Crippen molar-refractivity contribution in [1.82, 2.24) is 19.4 Å². The molecule has 0 amide bonds. The van der Waals surface area contributed by atoms with Crippen molar-refractivity contribution in [2.75, 3.05) is 19.7 Å². The number of nitrogens with zero attached hydrogens (tertiary/aromatic N) is 4. The van der Waals surface area contributed by atoms with Gasteiger partial charge >= 0.3 is 0 Å². The molecule has 2 atom stereocenters. The first-order valence-corrected chi connectivity index (χ1v) is 14.8. The van der Waals surface area contributed by atoms with Crippen molar-refractivity contribution in [2.45, 2.75) is 57.1 Å². The van der Waals surface area contributed by atoms with Gasteiger partial charge in [-0.1, -0.05) is 39.7 Å². The molecule has 0 bridgehead atoms. The van der Waals surface area contributed by atoms with E-state index in [9.17, 15) is 0 Å². The van der Waals surface area contributed by atoms with Crippen molar-refractivity contribution < 1.29 is 18.6 Å². The van der Waals surface area contributed by atoms with Crippen molar-refractivity contribution in [3.63, 3.8) is 0 Å². The maximum absolute atomic E-state index is 15.0. The fourth-order valence-electron chi connectivity index (χ4n) is 6.00. The Morgan fingerprint density at radius 2 is 1.95 bits per heavy atom. The molecule has 0 aliphatic carbocycles. The molecule has 2 aromatic carbocycles. The minimum Gasteiger partial charge on any atom is -0.443 e. The smallest absolute Gasteiger partial charge is 0.292 e. The minimum atomic E-state index is -1.00. The number of rotatable bonds is 6. The predicted molar refractivity (Wildman–Crippen MR) is 153 cm³/mol. The number of para-hydroxylation sites is 1. The number of ether oxygens (including phenoxy) is 3. The van der Waals surface area contributed by atoms with Crippen LogP contribution in [0.4, 0.5) is 4.39 Å². The Labute approximate surface area is 245 Å². The number of fused-ring (bicyclic) bond motifs is 2. The highest BCUT2D eigenvalue weighted by Gasteiger charge is 2.42. The van der Waals surface area contributed by atoms with E-state index in [-0.39, 0.29) is 11.9 Å². The summed E-state index contributed by atoms with van der Waals surface area (Å²) < 4.78 is 36.1. The lowest BCUT2D eigenvalue weighted by molar-refractivity contribution is -0.0722. The maximum atomic E-state index is 15.0. The number of benzene rings is 2. The first-order valence-electron chi connectivity index (χ1n) is 13.7. The summed E-state index contributed by atoms with van der Waals surface area (Å²) in [5.41, 5.74) is 3.06. The van der Waals surface area contributed by atoms with Crippen LogP contribution in [0.15, 0.2) is 53.1 Å². The van der Waals surface area contributed by atoms with E-state index in [4.69, 9.17) is 30.8 Å². The SMILES string of the molecule is C[C@]1(c2ccc(Cl)cn2)Oc2cccc(C3CCN(Cc4nc5cc(Br)cc(F)c5n4C[C@@H]4CCO4)CC3)c2O1. The molecule has 0 spiro atoms. The molecule has 7 nitrogen and oxygen atoms in total. The molecule has 3 aliphatic rings. The molecular weight excluding hydrogens is 599 g/mol. The highest BCUT2D eigenvalue weighted by molar-refractivity contribution is 9.10. The molecule has 7 rings (SSSR count). The second-order valence-electron chi connectivity index (χ2n) is 10.9. The quantitative estimate of drug-likeness (QED) is 0.234. The van der Waals surface area contributed by atoms with Gasteiger partial charge in [0.15, 0.2) is 11.5 Å². The molecule has 4 aromatic rings. The number of hydrogen-bond donors (Lipinski definition) is 0. The standard InChI is InChI=1S/C30H29BrClFN4O3/c1-30(26-6-5-20(32)15-34-26)39-25-4-2-3-22(29(25)40-30)18-7-10-36(11-8-18)17-27-35-24-14-19(31)13-23(33)28(24)37(27)16-21-9-12-38-21/h2-6,13-15,18,21H,7-12,16-17H2,1H3/t21-,30-/m0/s1. The lowest BCUT2D eigenvalue weighted by Gasteiger charge is -2.33. The van der Waals surface area contributed by atoms with Crippen LogP contribution >= 0.6 is 27.5 Å². The van der Waals surface area contributed by atoms with Crippen LogP contribution in [-0.2, 0) is 23.6 Å². The summed E-state index contributed by atoms with van der Waals surface area (Å²) in [5, 5.41) is 0.570.